The second-order valence-electron chi connectivity index (χ2n) is 9.57. The number of carbonyl (C=O) groups is 1. The van der Waals surface area contributed by atoms with Crippen LogP contribution in [0.1, 0.15) is 81.2 Å². The zero-order chi connectivity index (χ0) is 24.2. The molecule has 1 atom stereocenters. The second-order valence-corrected chi connectivity index (χ2v) is 9.57. The van der Waals surface area contributed by atoms with Crippen molar-refractivity contribution >= 4 is 5.97 Å². The highest BCUT2D eigenvalue weighted by molar-refractivity contribution is 5.71. The third kappa shape index (κ3) is 5.78. The molecule has 33 heavy (non-hydrogen) atoms. The van der Waals surface area contributed by atoms with E-state index in [2.05, 4.69) is 69.9 Å². The highest BCUT2D eigenvalue weighted by Crippen LogP contribution is 2.41. The minimum atomic E-state index is -1.01. The van der Waals surface area contributed by atoms with Crippen LogP contribution in [0.3, 0.4) is 0 Å². The van der Waals surface area contributed by atoms with Crippen molar-refractivity contribution in [1.29, 1.82) is 0 Å². The fourth-order valence-corrected chi connectivity index (χ4v) is 4.55. The van der Waals surface area contributed by atoms with Crippen LogP contribution in [0.5, 0.6) is 5.75 Å². The van der Waals surface area contributed by atoms with Crippen LogP contribution in [0.15, 0.2) is 36.4 Å². The van der Waals surface area contributed by atoms with E-state index < -0.39 is 5.60 Å². The quantitative estimate of drug-likeness (QED) is 0.441. The van der Waals surface area contributed by atoms with E-state index in [0.717, 1.165) is 41.7 Å². The molecule has 0 aliphatic carbocycles. The standard InChI is InChI=1S/C29H36O4/c1-7-29(8-2,23-10-9-22(20(3)17-23)15-16-28(5,6)31)24-11-13-26(21(4)18-24)32-19-25-12-14-27(30)33-25/h9-11,13,17-18,25,31H,7-8,12,14,19H2,1-6H3/t25-/m0/s1. The minimum absolute atomic E-state index is 0.114. The zero-order valence-corrected chi connectivity index (χ0v) is 20.7. The normalized spacial score (nSPS) is 16.2. The van der Waals surface area contributed by atoms with Crippen LogP contribution in [-0.2, 0) is 14.9 Å². The van der Waals surface area contributed by atoms with Crippen molar-refractivity contribution in [2.45, 2.75) is 84.3 Å². The number of benzene rings is 2. The molecule has 1 aliphatic rings. The molecule has 176 valence electrons. The first-order chi connectivity index (χ1) is 15.6. The fourth-order valence-electron chi connectivity index (χ4n) is 4.55. The van der Waals surface area contributed by atoms with Gasteiger partial charge in [0.2, 0.25) is 0 Å². The Morgan fingerprint density at radius 2 is 1.70 bits per heavy atom. The number of rotatable bonds is 7. The van der Waals surface area contributed by atoms with E-state index in [4.69, 9.17) is 9.47 Å². The van der Waals surface area contributed by atoms with Crippen molar-refractivity contribution in [2.24, 2.45) is 0 Å². The van der Waals surface area contributed by atoms with Gasteiger partial charge in [-0.05, 0) is 81.3 Å². The van der Waals surface area contributed by atoms with Crippen LogP contribution in [0, 0.1) is 25.7 Å². The lowest BCUT2D eigenvalue weighted by Crippen LogP contribution is -2.26. The molecule has 3 rings (SSSR count). The largest absolute Gasteiger partial charge is 0.489 e. The molecule has 0 aromatic heterocycles. The fraction of sp³-hybridized carbons (Fsp3) is 0.483. The van der Waals surface area contributed by atoms with Gasteiger partial charge in [-0.15, -0.1) is 0 Å². The lowest BCUT2D eigenvalue weighted by molar-refractivity contribution is -0.142. The van der Waals surface area contributed by atoms with Crippen LogP contribution < -0.4 is 4.74 Å². The molecule has 0 spiro atoms. The van der Waals surface area contributed by atoms with E-state index in [1.165, 1.54) is 11.1 Å². The van der Waals surface area contributed by atoms with Crippen LogP contribution in [0.2, 0.25) is 0 Å². The maximum Gasteiger partial charge on any atom is 0.306 e. The van der Waals surface area contributed by atoms with Gasteiger partial charge < -0.3 is 14.6 Å². The van der Waals surface area contributed by atoms with Crippen molar-refractivity contribution in [2.75, 3.05) is 6.61 Å². The van der Waals surface area contributed by atoms with Gasteiger partial charge in [-0.2, -0.15) is 0 Å². The first-order valence-electron chi connectivity index (χ1n) is 11.9. The third-order valence-electron chi connectivity index (χ3n) is 6.61. The van der Waals surface area contributed by atoms with Gasteiger partial charge in [-0.3, -0.25) is 4.79 Å². The van der Waals surface area contributed by atoms with Crippen LogP contribution in [0.4, 0.5) is 0 Å². The molecule has 4 heteroatoms. The number of ether oxygens (including phenoxy) is 2. The smallest absolute Gasteiger partial charge is 0.306 e. The van der Waals surface area contributed by atoms with Crippen LogP contribution in [-0.4, -0.2) is 29.4 Å². The Balaban J connectivity index is 1.88. The molecule has 1 aliphatic heterocycles. The molecular formula is C29H36O4. The molecule has 1 saturated heterocycles. The summed E-state index contributed by atoms with van der Waals surface area (Å²) >= 11 is 0. The Hall–Kier alpha value is -2.77. The SMILES string of the molecule is CCC(CC)(c1ccc(C#CC(C)(C)O)c(C)c1)c1ccc(OC[C@@H]2CCC(=O)O2)c(C)c1. The van der Waals surface area contributed by atoms with E-state index in [1.54, 1.807) is 13.8 Å². The maximum absolute atomic E-state index is 11.3. The molecule has 1 heterocycles. The summed E-state index contributed by atoms with van der Waals surface area (Å²) in [5.74, 6) is 6.71. The number of esters is 1. The third-order valence-corrected chi connectivity index (χ3v) is 6.61. The Morgan fingerprint density at radius 3 is 2.21 bits per heavy atom. The van der Waals surface area contributed by atoms with E-state index in [1.807, 2.05) is 6.07 Å². The summed E-state index contributed by atoms with van der Waals surface area (Å²) in [6, 6.07) is 12.9. The van der Waals surface area contributed by atoms with Gasteiger partial charge in [0.1, 0.15) is 24.1 Å². The zero-order valence-electron chi connectivity index (χ0n) is 20.7. The molecule has 1 fully saturated rings. The second kappa shape index (κ2) is 10.0. The predicted octanol–water partition coefficient (Wildman–Crippen LogP) is 5.62. The van der Waals surface area contributed by atoms with Crippen molar-refractivity contribution in [3.63, 3.8) is 0 Å². The summed E-state index contributed by atoms with van der Waals surface area (Å²) in [5, 5.41) is 9.93. The van der Waals surface area contributed by atoms with Crippen LogP contribution in [0.25, 0.3) is 0 Å². The summed E-state index contributed by atoms with van der Waals surface area (Å²) in [4.78, 5) is 11.3. The molecular weight excluding hydrogens is 412 g/mol. The first kappa shape index (κ1) is 24.9. The highest BCUT2D eigenvalue weighted by Gasteiger charge is 2.31. The number of carbonyl (C=O) groups excluding carboxylic acids is 1. The van der Waals surface area contributed by atoms with Gasteiger partial charge >= 0.3 is 5.97 Å². The summed E-state index contributed by atoms with van der Waals surface area (Å²) < 4.78 is 11.2. The van der Waals surface area contributed by atoms with Crippen molar-refractivity contribution in [1.82, 2.24) is 0 Å². The lowest BCUT2D eigenvalue weighted by atomic mass is 9.70. The number of hydrogen-bond acceptors (Lipinski definition) is 4. The number of cyclic esters (lactones) is 1. The molecule has 4 nitrogen and oxygen atoms in total. The predicted molar refractivity (Wildman–Crippen MR) is 132 cm³/mol. The Morgan fingerprint density at radius 1 is 1.06 bits per heavy atom. The molecule has 0 amide bonds. The summed E-state index contributed by atoms with van der Waals surface area (Å²) in [7, 11) is 0. The topological polar surface area (TPSA) is 55.8 Å². The number of hydrogen-bond donors (Lipinski definition) is 1. The van der Waals surface area contributed by atoms with Gasteiger partial charge in [0, 0.05) is 17.4 Å². The van der Waals surface area contributed by atoms with Crippen LogP contribution >= 0.6 is 0 Å². The maximum atomic E-state index is 11.3. The van der Waals surface area contributed by atoms with Gasteiger partial charge in [-0.25, -0.2) is 0 Å². The Bertz CT molecular complexity index is 1060. The molecule has 2 aromatic carbocycles. The average molecular weight is 449 g/mol. The van der Waals surface area contributed by atoms with Gasteiger partial charge in [0.15, 0.2) is 0 Å². The molecule has 0 saturated carbocycles. The first-order valence-corrected chi connectivity index (χ1v) is 11.9. The molecule has 1 N–H and O–H groups in total. The van der Waals surface area contributed by atoms with E-state index in [0.29, 0.717) is 13.0 Å². The highest BCUT2D eigenvalue weighted by atomic mass is 16.6. The number of aliphatic hydroxyl groups is 1. The van der Waals surface area contributed by atoms with E-state index in [-0.39, 0.29) is 17.5 Å². The minimum Gasteiger partial charge on any atom is -0.489 e. The lowest BCUT2D eigenvalue weighted by Gasteiger charge is -2.34. The summed E-state index contributed by atoms with van der Waals surface area (Å²) in [6.45, 7) is 12.4. The van der Waals surface area contributed by atoms with Crippen molar-refractivity contribution in [3.05, 3.63) is 64.2 Å². The van der Waals surface area contributed by atoms with Gasteiger partial charge in [-0.1, -0.05) is 50.0 Å². The summed E-state index contributed by atoms with van der Waals surface area (Å²) in [5.41, 5.74) is 4.53. The molecule has 2 aromatic rings. The average Bonchev–Trinajstić information content (AvgIpc) is 3.18. The number of aryl methyl sites for hydroxylation is 2. The molecule has 0 radical (unpaired) electrons. The van der Waals surface area contributed by atoms with Crippen molar-refractivity contribution < 1.29 is 19.4 Å². The molecule has 0 bridgehead atoms. The monoisotopic (exact) mass is 448 g/mol. The van der Waals surface area contributed by atoms with E-state index >= 15 is 0 Å². The van der Waals surface area contributed by atoms with Gasteiger partial charge in [0.05, 0.1) is 0 Å². The van der Waals surface area contributed by atoms with E-state index in [9.17, 15) is 9.90 Å². The van der Waals surface area contributed by atoms with Gasteiger partial charge in [0.25, 0.3) is 0 Å². The Labute approximate surface area is 198 Å². The van der Waals surface area contributed by atoms with Crippen molar-refractivity contribution in [3.8, 4) is 17.6 Å². The Kier molecular flexibility index (Phi) is 7.55. The molecule has 0 unspecified atom stereocenters. The summed E-state index contributed by atoms with van der Waals surface area (Å²) in [6.07, 6.45) is 2.98.